The quantitative estimate of drug-likeness (QED) is 0.789. The van der Waals surface area contributed by atoms with Gasteiger partial charge in [-0.2, -0.15) is 13.2 Å². The van der Waals surface area contributed by atoms with Crippen LogP contribution in [0.15, 0.2) is 12.3 Å². The molecule has 4 nitrogen and oxygen atoms in total. The minimum absolute atomic E-state index is 0.305. The molecule has 1 saturated heterocycles. The molecule has 2 aliphatic heterocycles. The lowest BCUT2D eigenvalue weighted by Gasteiger charge is -2.41. The molecule has 1 atom stereocenters. The van der Waals surface area contributed by atoms with Crippen molar-refractivity contribution < 1.29 is 13.2 Å². The number of hydrogen-bond acceptors (Lipinski definition) is 4. The third kappa shape index (κ3) is 2.92. The normalized spacial score (nSPS) is 26.6. The molecule has 0 unspecified atom stereocenters. The molecule has 1 aromatic heterocycles. The van der Waals surface area contributed by atoms with Crippen LogP contribution in [0, 0.1) is 0 Å². The molecule has 126 valence electrons. The summed E-state index contributed by atoms with van der Waals surface area (Å²) >= 11 is 0. The molecule has 0 bridgehead atoms. The summed E-state index contributed by atoms with van der Waals surface area (Å²) in [4.78, 5) is 11.1. The van der Waals surface area contributed by atoms with Crippen LogP contribution in [0.3, 0.4) is 0 Å². The zero-order valence-electron chi connectivity index (χ0n) is 13.2. The summed E-state index contributed by atoms with van der Waals surface area (Å²) in [6, 6.07) is 2.14. The average molecular weight is 326 g/mol. The number of halogens is 3. The summed E-state index contributed by atoms with van der Waals surface area (Å²) in [5.41, 5.74) is 0.0818. The lowest BCUT2D eigenvalue weighted by Crippen LogP contribution is -2.55. The van der Waals surface area contributed by atoms with Crippen molar-refractivity contribution in [3.8, 4) is 0 Å². The van der Waals surface area contributed by atoms with E-state index >= 15 is 0 Å². The van der Waals surface area contributed by atoms with Crippen LogP contribution in [0.4, 0.5) is 19.0 Å². The standard InChI is InChI=1S/C16H21F3N4/c1-21-4-5-23-14(9-21)10-22(13-2-3-13)8-11-6-12(16(17,18)19)7-20-15(11)23/h6-7,13-14H,2-5,8-10H2,1H3/t14-/m1/s1. The number of aromatic nitrogens is 1. The van der Waals surface area contributed by atoms with Crippen LogP contribution in [-0.2, 0) is 12.7 Å². The molecule has 4 rings (SSSR count). The van der Waals surface area contributed by atoms with Crippen molar-refractivity contribution in [2.24, 2.45) is 0 Å². The van der Waals surface area contributed by atoms with Crippen LogP contribution in [-0.4, -0.2) is 60.1 Å². The maximum atomic E-state index is 13.0. The van der Waals surface area contributed by atoms with Crippen LogP contribution in [0.2, 0.25) is 0 Å². The minimum Gasteiger partial charge on any atom is -0.350 e. The molecule has 3 heterocycles. The van der Waals surface area contributed by atoms with Crippen molar-refractivity contribution in [1.29, 1.82) is 0 Å². The van der Waals surface area contributed by atoms with Crippen molar-refractivity contribution in [1.82, 2.24) is 14.8 Å². The van der Waals surface area contributed by atoms with Crippen LogP contribution >= 0.6 is 0 Å². The van der Waals surface area contributed by atoms with Gasteiger partial charge in [-0.05, 0) is 26.0 Å². The first kappa shape index (κ1) is 15.2. The number of nitrogens with zero attached hydrogens (tertiary/aromatic N) is 4. The van der Waals surface area contributed by atoms with Gasteiger partial charge in [0, 0.05) is 50.5 Å². The summed E-state index contributed by atoms with van der Waals surface area (Å²) in [5.74, 6) is 0.749. The van der Waals surface area contributed by atoms with Gasteiger partial charge in [0.1, 0.15) is 5.82 Å². The van der Waals surface area contributed by atoms with Gasteiger partial charge in [0.2, 0.25) is 0 Å². The van der Waals surface area contributed by atoms with Gasteiger partial charge < -0.3 is 9.80 Å². The Morgan fingerprint density at radius 3 is 2.61 bits per heavy atom. The van der Waals surface area contributed by atoms with Crippen molar-refractivity contribution in [2.75, 3.05) is 38.1 Å². The molecular weight excluding hydrogens is 305 g/mol. The molecule has 2 fully saturated rings. The van der Waals surface area contributed by atoms with Crippen molar-refractivity contribution >= 4 is 5.82 Å². The summed E-state index contributed by atoms with van der Waals surface area (Å²) in [6.45, 7) is 4.17. The summed E-state index contributed by atoms with van der Waals surface area (Å²) < 4.78 is 39.1. The van der Waals surface area contributed by atoms with Gasteiger partial charge in [0.15, 0.2) is 0 Å². The molecule has 1 aliphatic carbocycles. The van der Waals surface area contributed by atoms with Crippen LogP contribution in [0.25, 0.3) is 0 Å². The van der Waals surface area contributed by atoms with Gasteiger partial charge in [-0.25, -0.2) is 4.98 Å². The highest BCUT2D eigenvalue weighted by Gasteiger charge is 2.39. The van der Waals surface area contributed by atoms with Gasteiger partial charge >= 0.3 is 6.18 Å². The number of alkyl halides is 3. The Balaban J connectivity index is 1.73. The second-order valence-electron chi connectivity index (χ2n) is 6.97. The molecule has 0 amide bonds. The first-order valence-corrected chi connectivity index (χ1v) is 8.17. The Hall–Kier alpha value is -1.34. The largest absolute Gasteiger partial charge is 0.417 e. The van der Waals surface area contributed by atoms with Crippen molar-refractivity contribution in [2.45, 2.75) is 37.6 Å². The number of rotatable bonds is 1. The van der Waals surface area contributed by atoms with Crippen molar-refractivity contribution in [3.63, 3.8) is 0 Å². The molecule has 1 aromatic rings. The molecule has 0 spiro atoms. The summed E-state index contributed by atoms with van der Waals surface area (Å²) in [7, 11) is 2.10. The number of piperazine rings is 1. The smallest absolute Gasteiger partial charge is 0.350 e. The van der Waals surface area contributed by atoms with E-state index in [9.17, 15) is 13.2 Å². The molecule has 0 radical (unpaired) electrons. The topological polar surface area (TPSA) is 22.6 Å². The highest BCUT2D eigenvalue weighted by molar-refractivity contribution is 5.51. The van der Waals surface area contributed by atoms with E-state index in [1.807, 2.05) is 0 Å². The van der Waals surface area contributed by atoms with Gasteiger partial charge in [-0.3, -0.25) is 4.90 Å². The van der Waals surface area contributed by atoms with Gasteiger partial charge in [-0.1, -0.05) is 0 Å². The Bertz CT molecular complexity index is 599. The third-order valence-electron chi connectivity index (χ3n) is 5.11. The van der Waals surface area contributed by atoms with E-state index < -0.39 is 11.7 Å². The molecule has 0 aromatic carbocycles. The molecule has 7 heteroatoms. The first-order valence-electron chi connectivity index (χ1n) is 8.17. The van der Waals surface area contributed by atoms with E-state index in [0.717, 1.165) is 56.6 Å². The fourth-order valence-electron chi connectivity index (χ4n) is 3.75. The third-order valence-corrected chi connectivity index (χ3v) is 5.11. The lowest BCUT2D eigenvalue weighted by atomic mass is 10.1. The zero-order valence-corrected chi connectivity index (χ0v) is 13.2. The predicted molar refractivity (Wildman–Crippen MR) is 81.3 cm³/mol. The first-order chi connectivity index (χ1) is 10.9. The highest BCUT2D eigenvalue weighted by atomic mass is 19.4. The van der Waals surface area contributed by atoms with E-state index in [4.69, 9.17) is 0 Å². The fraction of sp³-hybridized carbons (Fsp3) is 0.688. The van der Waals surface area contributed by atoms with Crippen LogP contribution in [0.5, 0.6) is 0 Å². The second kappa shape index (κ2) is 5.34. The predicted octanol–water partition coefficient (Wildman–Crippen LogP) is 2.20. The number of fused-ring (bicyclic) bond motifs is 3. The molecule has 3 aliphatic rings. The Labute approximate surface area is 133 Å². The van der Waals surface area contributed by atoms with E-state index in [0.29, 0.717) is 18.6 Å². The maximum Gasteiger partial charge on any atom is 0.417 e. The summed E-state index contributed by atoms with van der Waals surface area (Å²) in [5, 5.41) is 0. The molecule has 1 saturated carbocycles. The highest BCUT2D eigenvalue weighted by Crippen LogP contribution is 2.37. The lowest BCUT2D eigenvalue weighted by molar-refractivity contribution is -0.137. The van der Waals surface area contributed by atoms with Crippen molar-refractivity contribution in [3.05, 3.63) is 23.4 Å². The SMILES string of the molecule is CN1CCN2c3ncc(C(F)(F)F)cc3CN(C3CC3)C[C@H]2C1. The van der Waals surface area contributed by atoms with Crippen LogP contribution in [0.1, 0.15) is 24.0 Å². The molecule has 23 heavy (non-hydrogen) atoms. The number of hydrogen-bond donors (Lipinski definition) is 0. The Morgan fingerprint density at radius 2 is 1.91 bits per heavy atom. The Morgan fingerprint density at radius 1 is 1.13 bits per heavy atom. The minimum atomic E-state index is -4.33. The van der Waals surface area contributed by atoms with E-state index in [-0.39, 0.29) is 0 Å². The number of anilines is 1. The fourth-order valence-corrected chi connectivity index (χ4v) is 3.75. The average Bonchev–Trinajstić information content (AvgIpc) is 3.31. The van der Waals surface area contributed by atoms with Gasteiger partial charge in [-0.15, -0.1) is 0 Å². The monoisotopic (exact) mass is 326 g/mol. The molecule has 0 N–H and O–H groups in total. The number of pyridine rings is 1. The van der Waals surface area contributed by atoms with E-state index in [2.05, 4.69) is 26.7 Å². The van der Waals surface area contributed by atoms with E-state index in [1.54, 1.807) is 0 Å². The maximum absolute atomic E-state index is 13.0. The van der Waals surface area contributed by atoms with Crippen LogP contribution < -0.4 is 4.90 Å². The van der Waals surface area contributed by atoms with E-state index in [1.165, 1.54) is 6.07 Å². The summed E-state index contributed by atoms with van der Waals surface area (Å²) in [6.07, 6.45) is -1.03. The van der Waals surface area contributed by atoms with Gasteiger partial charge in [0.25, 0.3) is 0 Å². The Kier molecular flexibility index (Phi) is 3.53. The zero-order chi connectivity index (χ0) is 16.2. The second-order valence-corrected chi connectivity index (χ2v) is 6.97. The van der Waals surface area contributed by atoms with Gasteiger partial charge in [0.05, 0.1) is 11.6 Å². The molecular formula is C16H21F3N4. The number of likely N-dealkylation sites (N-methyl/N-ethyl adjacent to an activating group) is 1.